The van der Waals surface area contributed by atoms with E-state index >= 15 is 0 Å². The number of ether oxygens (including phenoxy) is 2. The van der Waals surface area contributed by atoms with Crippen molar-refractivity contribution in [2.75, 3.05) is 13.7 Å². The van der Waals surface area contributed by atoms with Gasteiger partial charge in [0.2, 0.25) is 0 Å². The molecule has 0 spiro atoms. The molecule has 3 nitrogen and oxygen atoms in total. The van der Waals surface area contributed by atoms with E-state index in [0.29, 0.717) is 13.2 Å². The van der Waals surface area contributed by atoms with E-state index in [1.54, 1.807) is 14.0 Å². The Morgan fingerprint density at radius 2 is 1.82 bits per heavy atom. The van der Waals surface area contributed by atoms with Crippen LogP contribution in [0.15, 0.2) is 24.3 Å². The van der Waals surface area contributed by atoms with Crippen molar-refractivity contribution in [2.45, 2.75) is 27.4 Å². The first-order valence-electron chi connectivity index (χ1n) is 5.67. The van der Waals surface area contributed by atoms with Crippen LogP contribution in [0.1, 0.15) is 26.3 Å². The summed E-state index contributed by atoms with van der Waals surface area (Å²) in [5.41, 5.74) is 0.664. The molecule has 0 aromatic heterocycles. The van der Waals surface area contributed by atoms with Crippen LogP contribution in [-0.4, -0.2) is 19.5 Å². The number of carbonyl (C=O) groups excluding carboxylic acids is 1. The maximum absolute atomic E-state index is 11.3. The minimum atomic E-state index is -0.410. The first-order valence-corrected chi connectivity index (χ1v) is 5.67. The molecule has 0 saturated heterocycles. The zero-order valence-electron chi connectivity index (χ0n) is 10.9. The quantitative estimate of drug-likeness (QED) is 0.762. The normalized spacial score (nSPS) is 11.3. The lowest BCUT2D eigenvalue weighted by molar-refractivity contribution is -0.128. The molecule has 1 aromatic rings. The third-order valence-electron chi connectivity index (χ3n) is 2.84. The Labute approximate surface area is 103 Å². The molecular weight excluding hydrogens is 216 g/mol. The average Bonchev–Trinajstić information content (AvgIpc) is 2.29. The van der Waals surface area contributed by atoms with E-state index in [9.17, 15) is 4.79 Å². The van der Waals surface area contributed by atoms with E-state index in [0.717, 1.165) is 11.3 Å². The highest BCUT2D eigenvalue weighted by atomic mass is 16.5. The van der Waals surface area contributed by atoms with E-state index < -0.39 is 5.41 Å². The van der Waals surface area contributed by atoms with Crippen molar-refractivity contribution < 1.29 is 14.3 Å². The predicted molar refractivity (Wildman–Crippen MR) is 67.1 cm³/mol. The molecule has 0 aliphatic rings. The number of rotatable bonds is 6. The lowest BCUT2D eigenvalue weighted by Crippen LogP contribution is -2.27. The highest BCUT2D eigenvalue weighted by molar-refractivity contribution is 5.81. The molecule has 17 heavy (non-hydrogen) atoms. The highest BCUT2D eigenvalue weighted by Gasteiger charge is 2.23. The van der Waals surface area contributed by atoms with Gasteiger partial charge in [-0.1, -0.05) is 26.0 Å². The van der Waals surface area contributed by atoms with Gasteiger partial charge in [-0.3, -0.25) is 4.79 Å². The minimum absolute atomic E-state index is 0.146. The van der Waals surface area contributed by atoms with Crippen LogP contribution in [-0.2, 0) is 16.1 Å². The smallest absolute Gasteiger partial charge is 0.137 e. The molecule has 0 heterocycles. The standard InChI is InChI=1S/C14H20O3/c1-11(15)14(2,3)10-17-9-12-5-7-13(16-4)8-6-12/h5-8H,9-10H2,1-4H3. The van der Waals surface area contributed by atoms with Crippen LogP contribution in [0.2, 0.25) is 0 Å². The van der Waals surface area contributed by atoms with Crippen LogP contribution in [0.5, 0.6) is 5.75 Å². The Hall–Kier alpha value is -1.35. The van der Waals surface area contributed by atoms with Gasteiger partial charge in [-0.05, 0) is 24.6 Å². The molecule has 3 heteroatoms. The monoisotopic (exact) mass is 236 g/mol. The van der Waals surface area contributed by atoms with Crippen molar-refractivity contribution in [2.24, 2.45) is 5.41 Å². The van der Waals surface area contributed by atoms with Crippen molar-refractivity contribution in [1.29, 1.82) is 0 Å². The summed E-state index contributed by atoms with van der Waals surface area (Å²) in [6, 6.07) is 7.71. The van der Waals surface area contributed by atoms with Gasteiger partial charge in [0.15, 0.2) is 0 Å². The second kappa shape index (κ2) is 5.82. The van der Waals surface area contributed by atoms with Crippen molar-refractivity contribution in [3.63, 3.8) is 0 Å². The molecule has 0 bridgehead atoms. The van der Waals surface area contributed by atoms with E-state index in [-0.39, 0.29) is 5.78 Å². The summed E-state index contributed by atoms with van der Waals surface area (Å²) in [5.74, 6) is 0.977. The van der Waals surface area contributed by atoms with E-state index in [4.69, 9.17) is 9.47 Å². The number of hydrogen-bond donors (Lipinski definition) is 0. The fourth-order valence-corrected chi connectivity index (χ4v) is 1.25. The molecule has 94 valence electrons. The lowest BCUT2D eigenvalue weighted by Gasteiger charge is -2.20. The van der Waals surface area contributed by atoms with Gasteiger partial charge in [-0.15, -0.1) is 0 Å². The average molecular weight is 236 g/mol. The van der Waals surface area contributed by atoms with Gasteiger partial charge in [0.05, 0.1) is 20.3 Å². The van der Waals surface area contributed by atoms with Crippen molar-refractivity contribution in [3.05, 3.63) is 29.8 Å². The van der Waals surface area contributed by atoms with Gasteiger partial charge in [0.1, 0.15) is 11.5 Å². The van der Waals surface area contributed by atoms with Crippen molar-refractivity contribution in [1.82, 2.24) is 0 Å². The summed E-state index contributed by atoms with van der Waals surface area (Å²) in [6.07, 6.45) is 0. The van der Waals surface area contributed by atoms with Gasteiger partial charge in [0, 0.05) is 5.41 Å². The summed E-state index contributed by atoms with van der Waals surface area (Å²) < 4.78 is 10.6. The first-order chi connectivity index (χ1) is 7.95. The van der Waals surface area contributed by atoms with Crippen LogP contribution < -0.4 is 4.74 Å². The third-order valence-corrected chi connectivity index (χ3v) is 2.84. The number of methoxy groups -OCH3 is 1. The molecule has 0 saturated carbocycles. The van der Waals surface area contributed by atoms with Gasteiger partial charge in [-0.25, -0.2) is 0 Å². The van der Waals surface area contributed by atoms with Crippen LogP contribution in [0.3, 0.4) is 0 Å². The predicted octanol–water partition coefficient (Wildman–Crippen LogP) is 2.83. The van der Waals surface area contributed by atoms with Crippen LogP contribution in [0, 0.1) is 5.41 Å². The molecule has 1 rings (SSSR count). The zero-order valence-corrected chi connectivity index (χ0v) is 10.9. The van der Waals surface area contributed by atoms with Crippen LogP contribution >= 0.6 is 0 Å². The Kier molecular flexibility index (Phi) is 4.70. The Bertz CT molecular complexity index is 366. The van der Waals surface area contributed by atoms with Gasteiger partial charge in [-0.2, -0.15) is 0 Å². The number of benzene rings is 1. The van der Waals surface area contributed by atoms with E-state index in [2.05, 4.69) is 0 Å². The molecule has 0 atom stereocenters. The first kappa shape index (κ1) is 13.7. The maximum atomic E-state index is 11.3. The van der Waals surface area contributed by atoms with Crippen LogP contribution in [0.25, 0.3) is 0 Å². The van der Waals surface area contributed by atoms with Crippen molar-refractivity contribution in [3.8, 4) is 5.75 Å². The molecule has 0 aliphatic heterocycles. The minimum Gasteiger partial charge on any atom is -0.497 e. The maximum Gasteiger partial charge on any atom is 0.137 e. The summed E-state index contributed by atoms with van der Waals surface area (Å²) >= 11 is 0. The fourth-order valence-electron chi connectivity index (χ4n) is 1.25. The molecule has 0 aliphatic carbocycles. The molecule has 1 aromatic carbocycles. The van der Waals surface area contributed by atoms with E-state index in [1.807, 2.05) is 38.1 Å². The Morgan fingerprint density at radius 1 is 1.24 bits per heavy atom. The van der Waals surface area contributed by atoms with Crippen molar-refractivity contribution >= 4 is 5.78 Å². The van der Waals surface area contributed by atoms with Crippen LogP contribution in [0.4, 0.5) is 0 Å². The molecular formula is C14H20O3. The number of carbonyl (C=O) groups is 1. The molecule has 0 N–H and O–H groups in total. The second-order valence-corrected chi connectivity index (χ2v) is 4.78. The molecule has 0 radical (unpaired) electrons. The molecule has 0 amide bonds. The zero-order chi connectivity index (χ0) is 12.9. The van der Waals surface area contributed by atoms with Gasteiger partial charge >= 0.3 is 0 Å². The summed E-state index contributed by atoms with van der Waals surface area (Å²) in [7, 11) is 1.64. The second-order valence-electron chi connectivity index (χ2n) is 4.78. The van der Waals surface area contributed by atoms with Gasteiger partial charge < -0.3 is 9.47 Å². The Balaban J connectivity index is 2.43. The highest BCUT2D eigenvalue weighted by Crippen LogP contribution is 2.18. The summed E-state index contributed by atoms with van der Waals surface area (Å²) in [6.45, 7) is 6.33. The van der Waals surface area contributed by atoms with Gasteiger partial charge in [0.25, 0.3) is 0 Å². The number of Topliss-reactive ketones (excluding diaryl/α,β-unsaturated/α-hetero) is 1. The lowest BCUT2D eigenvalue weighted by atomic mass is 9.90. The summed E-state index contributed by atoms with van der Waals surface area (Å²) in [5, 5.41) is 0. The Morgan fingerprint density at radius 3 is 2.29 bits per heavy atom. The number of ketones is 1. The summed E-state index contributed by atoms with van der Waals surface area (Å²) in [4.78, 5) is 11.3. The molecule has 0 unspecified atom stereocenters. The van der Waals surface area contributed by atoms with E-state index in [1.165, 1.54) is 0 Å². The SMILES string of the molecule is COc1ccc(COCC(C)(C)C(C)=O)cc1. The largest absolute Gasteiger partial charge is 0.497 e. The molecule has 0 fully saturated rings. The third kappa shape index (κ3) is 4.19. The fraction of sp³-hybridized carbons (Fsp3) is 0.500. The number of hydrogen-bond acceptors (Lipinski definition) is 3. The topological polar surface area (TPSA) is 35.5 Å².